The molecule has 1 heterocycles. The van der Waals surface area contributed by atoms with Gasteiger partial charge in [-0.1, -0.05) is 27.2 Å². The van der Waals surface area contributed by atoms with Crippen molar-refractivity contribution in [3.8, 4) is 0 Å². The Hall–Kier alpha value is -0.800. The van der Waals surface area contributed by atoms with Crippen LogP contribution in [0.4, 0.5) is 0 Å². The standard InChI is InChI=1S/C18H31NO2/c1-12(2)17-7-6-13(3)8-18(17)20-11-15-9-16(10-19-5)21-14(15)4/h9,12-13,17-19H,6-8,10-11H2,1-5H3. The van der Waals surface area contributed by atoms with E-state index in [1.807, 2.05) is 14.0 Å². The summed E-state index contributed by atoms with van der Waals surface area (Å²) >= 11 is 0. The summed E-state index contributed by atoms with van der Waals surface area (Å²) in [5, 5.41) is 3.12. The van der Waals surface area contributed by atoms with Crippen LogP contribution >= 0.6 is 0 Å². The molecule has 3 atom stereocenters. The summed E-state index contributed by atoms with van der Waals surface area (Å²) < 4.78 is 12.1. The number of ether oxygens (including phenoxy) is 1. The Kier molecular flexibility index (Phi) is 5.88. The van der Waals surface area contributed by atoms with Crippen molar-refractivity contribution < 1.29 is 9.15 Å². The van der Waals surface area contributed by atoms with Crippen LogP contribution in [0, 0.1) is 24.7 Å². The van der Waals surface area contributed by atoms with Crippen LogP contribution in [0.25, 0.3) is 0 Å². The van der Waals surface area contributed by atoms with E-state index in [9.17, 15) is 0 Å². The first-order chi connectivity index (χ1) is 10.0. The minimum absolute atomic E-state index is 0.399. The molecule has 1 aromatic rings. The van der Waals surface area contributed by atoms with Crippen molar-refractivity contribution in [1.29, 1.82) is 0 Å². The summed E-state index contributed by atoms with van der Waals surface area (Å²) in [7, 11) is 1.94. The van der Waals surface area contributed by atoms with Crippen LogP contribution in [-0.2, 0) is 17.9 Å². The van der Waals surface area contributed by atoms with Crippen LogP contribution in [0.3, 0.4) is 0 Å². The van der Waals surface area contributed by atoms with Gasteiger partial charge in [0, 0.05) is 5.56 Å². The van der Waals surface area contributed by atoms with Crippen molar-refractivity contribution in [2.24, 2.45) is 17.8 Å². The Bertz CT molecular complexity index is 438. The largest absolute Gasteiger partial charge is 0.465 e. The first kappa shape index (κ1) is 16.6. The zero-order valence-corrected chi connectivity index (χ0v) is 14.2. The van der Waals surface area contributed by atoms with Gasteiger partial charge in [0.05, 0.1) is 19.3 Å². The summed E-state index contributed by atoms with van der Waals surface area (Å²) in [5.74, 6) is 4.17. The molecule has 0 saturated heterocycles. The summed E-state index contributed by atoms with van der Waals surface area (Å²) in [5.41, 5.74) is 1.20. The molecule has 0 aromatic carbocycles. The van der Waals surface area contributed by atoms with Gasteiger partial charge in [-0.25, -0.2) is 0 Å². The lowest BCUT2D eigenvalue weighted by molar-refractivity contribution is -0.0475. The van der Waals surface area contributed by atoms with Crippen LogP contribution in [0.2, 0.25) is 0 Å². The van der Waals surface area contributed by atoms with Crippen molar-refractivity contribution in [3.05, 3.63) is 23.2 Å². The smallest absolute Gasteiger partial charge is 0.118 e. The predicted molar refractivity (Wildman–Crippen MR) is 86.1 cm³/mol. The van der Waals surface area contributed by atoms with Crippen LogP contribution in [0.15, 0.2) is 10.5 Å². The summed E-state index contributed by atoms with van der Waals surface area (Å²) in [6.45, 7) is 10.5. The van der Waals surface area contributed by atoms with E-state index >= 15 is 0 Å². The number of rotatable bonds is 6. The van der Waals surface area contributed by atoms with E-state index in [1.54, 1.807) is 0 Å². The van der Waals surface area contributed by atoms with E-state index in [0.717, 1.165) is 24.0 Å². The van der Waals surface area contributed by atoms with Crippen molar-refractivity contribution >= 4 is 0 Å². The molecule has 120 valence electrons. The fourth-order valence-electron chi connectivity index (χ4n) is 3.50. The van der Waals surface area contributed by atoms with Gasteiger partial charge in [-0.3, -0.25) is 0 Å². The Morgan fingerprint density at radius 1 is 1.38 bits per heavy atom. The average molecular weight is 293 g/mol. The lowest BCUT2D eigenvalue weighted by Crippen LogP contribution is -2.34. The highest BCUT2D eigenvalue weighted by Crippen LogP contribution is 2.35. The van der Waals surface area contributed by atoms with E-state index in [0.29, 0.717) is 24.5 Å². The van der Waals surface area contributed by atoms with Crippen LogP contribution in [0.5, 0.6) is 0 Å². The summed E-state index contributed by atoms with van der Waals surface area (Å²) in [6, 6.07) is 2.13. The molecule has 0 aliphatic heterocycles. The zero-order chi connectivity index (χ0) is 15.4. The number of hydrogen-bond donors (Lipinski definition) is 1. The second-order valence-electron chi connectivity index (χ2n) is 7.00. The quantitative estimate of drug-likeness (QED) is 0.850. The molecule has 0 bridgehead atoms. The topological polar surface area (TPSA) is 34.4 Å². The molecule has 1 aliphatic rings. The maximum Gasteiger partial charge on any atom is 0.118 e. The minimum Gasteiger partial charge on any atom is -0.465 e. The number of nitrogens with one attached hydrogen (secondary N) is 1. The van der Waals surface area contributed by atoms with Crippen molar-refractivity contribution in [3.63, 3.8) is 0 Å². The molecule has 21 heavy (non-hydrogen) atoms. The maximum atomic E-state index is 6.31. The summed E-state index contributed by atoms with van der Waals surface area (Å²) in [4.78, 5) is 0. The van der Waals surface area contributed by atoms with E-state index in [4.69, 9.17) is 9.15 Å². The van der Waals surface area contributed by atoms with Crippen LogP contribution in [0.1, 0.15) is 57.1 Å². The highest BCUT2D eigenvalue weighted by molar-refractivity contribution is 5.20. The monoisotopic (exact) mass is 293 g/mol. The number of aryl methyl sites for hydroxylation is 1. The van der Waals surface area contributed by atoms with Gasteiger partial charge in [0.15, 0.2) is 0 Å². The molecule has 2 rings (SSSR count). The van der Waals surface area contributed by atoms with Gasteiger partial charge in [-0.15, -0.1) is 0 Å². The molecule has 1 saturated carbocycles. The molecule has 3 unspecified atom stereocenters. The lowest BCUT2D eigenvalue weighted by atomic mass is 9.75. The van der Waals surface area contributed by atoms with Gasteiger partial charge in [0.25, 0.3) is 0 Å². The molecular formula is C18H31NO2. The van der Waals surface area contributed by atoms with Gasteiger partial charge >= 0.3 is 0 Å². The van der Waals surface area contributed by atoms with Gasteiger partial charge in [-0.2, -0.15) is 0 Å². The molecule has 0 spiro atoms. The first-order valence-corrected chi connectivity index (χ1v) is 8.35. The first-order valence-electron chi connectivity index (χ1n) is 8.35. The SMILES string of the molecule is CNCc1cc(COC2CC(C)CCC2C(C)C)c(C)o1. The fourth-order valence-corrected chi connectivity index (χ4v) is 3.50. The highest BCUT2D eigenvalue weighted by Gasteiger charge is 2.31. The second kappa shape index (κ2) is 7.46. The third-order valence-electron chi connectivity index (χ3n) is 4.84. The van der Waals surface area contributed by atoms with E-state index in [1.165, 1.54) is 24.8 Å². The zero-order valence-electron chi connectivity index (χ0n) is 14.2. The third kappa shape index (κ3) is 4.33. The van der Waals surface area contributed by atoms with E-state index in [2.05, 4.69) is 32.2 Å². The summed E-state index contributed by atoms with van der Waals surface area (Å²) in [6.07, 6.45) is 4.25. The Labute approximate surface area is 129 Å². The number of furan rings is 1. The molecule has 1 fully saturated rings. The normalized spacial score (nSPS) is 26.5. The van der Waals surface area contributed by atoms with Crippen molar-refractivity contribution in [2.75, 3.05) is 7.05 Å². The van der Waals surface area contributed by atoms with Crippen molar-refractivity contribution in [1.82, 2.24) is 5.32 Å². The lowest BCUT2D eigenvalue weighted by Gasteiger charge is -2.37. The molecule has 0 amide bonds. The maximum absolute atomic E-state index is 6.31. The van der Waals surface area contributed by atoms with Gasteiger partial charge in [-0.05, 0) is 50.6 Å². The average Bonchev–Trinajstić information content (AvgIpc) is 2.77. The molecule has 3 heteroatoms. The highest BCUT2D eigenvalue weighted by atomic mass is 16.5. The van der Waals surface area contributed by atoms with Gasteiger partial charge in [0.2, 0.25) is 0 Å². The molecular weight excluding hydrogens is 262 g/mol. The van der Waals surface area contributed by atoms with Crippen LogP contribution in [-0.4, -0.2) is 13.2 Å². The van der Waals surface area contributed by atoms with E-state index in [-0.39, 0.29) is 0 Å². The Morgan fingerprint density at radius 3 is 2.81 bits per heavy atom. The molecule has 1 aliphatic carbocycles. The van der Waals surface area contributed by atoms with Crippen molar-refractivity contribution in [2.45, 2.75) is 66.2 Å². The van der Waals surface area contributed by atoms with Crippen LogP contribution < -0.4 is 5.32 Å². The molecule has 0 radical (unpaired) electrons. The van der Waals surface area contributed by atoms with E-state index < -0.39 is 0 Å². The predicted octanol–water partition coefficient (Wildman–Crippen LogP) is 4.28. The number of hydrogen-bond acceptors (Lipinski definition) is 3. The minimum atomic E-state index is 0.399. The second-order valence-corrected chi connectivity index (χ2v) is 7.00. The molecule has 1 aromatic heterocycles. The van der Waals surface area contributed by atoms with Gasteiger partial charge < -0.3 is 14.5 Å². The Balaban J connectivity index is 1.96. The van der Waals surface area contributed by atoms with Gasteiger partial charge in [0.1, 0.15) is 11.5 Å². The molecule has 3 nitrogen and oxygen atoms in total. The molecule has 1 N–H and O–H groups in total. The third-order valence-corrected chi connectivity index (χ3v) is 4.84. The fraction of sp³-hybridized carbons (Fsp3) is 0.778. The Morgan fingerprint density at radius 2 is 2.14 bits per heavy atom.